The van der Waals surface area contributed by atoms with Crippen molar-refractivity contribution in [2.24, 2.45) is 16.6 Å². The van der Waals surface area contributed by atoms with Crippen molar-refractivity contribution in [3.8, 4) is 0 Å². The van der Waals surface area contributed by atoms with Crippen molar-refractivity contribution in [3.63, 3.8) is 0 Å². The Hall–Kier alpha value is -1.84. The molecule has 0 unspecified atom stereocenters. The maximum atomic E-state index is 5.79. The standard InChI is InChI=1S/C15H20N4/c1-11-2-5-17-15(8-11)19-6-3-12(4-7-19)14-9-13(16)10-18-14/h2,5,8-9,12H,3-4,6-7,10,16H2,1H3. The minimum absolute atomic E-state index is 0.571. The minimum atomic E-state index is 0.571. The van der Waals surface area contributed by atoms with E-state index in [1.54, 1.807) is 0 Å². The average molecular weight is 256 g/mol. The molecule has 0 radical (unpaired) electrons. The van der Waals surface area contributed by atoms with Crippen molar-refractivity contribution < 1.29 is 0 Å². The lowest BCUT2D eigenvalue weighted by atomic mass is 9.92. The molecule has 4 heteroatoms. The number of anilines is 1. The fourth-order valence-electron chi connectivity index (χ4n) is 2.81. The summed E-state index contributed by atoms with van der Waals surface area (Å²) in [4.78, 5) is 11.3. The van der Waals surface area contributed by atoms with Crippen LogP contribution in [0.2, 0.25) is 0 Å². The van der Waals surface area contributed by atoms with Gasteiger partial charge in [0, 0.05) is 36.6 Å². The van der Waals surface area contributed by atoms with Gasteiger partial charge >= 0.3 is 0 Å². The molecule has 1 fully saturated rings. The third-order valence-electron chi connectivity index (χ3n) is 3.92. The van der Waals surface area contributed by atoms with Crippen LogP contribution in [0.1, 0.15) is 18.4 Å². The van der Waals surface area contributed by atoms with E-state index in [0.717, 1.165) is 37.4 Å². The van der Waals surface area contributed by atoms with Crippen LogP contribution in [0.4, 0.5) is 5.82 Å². The summed E-state index contributed by atoms with van der Waals surface area (Å²) >= 11 is 0. The molecular formula is C15H20N4. The van der Waals surface area contributed by atoms with E-state index in [1.807, 2.05) is 12.3 Å². The second kappa shape index (κ2) is 5.03. The SMILES string of the molecule is Cc1ccnc(N2CCC(C3=NCC(N)=C3)CC2)c1. The maximum Gasteiger partial charge on any atom is 0.128 e. The lowest BCUT2D eigenvalue weighted by Crippen LogP contribution is -2.36. The van der Waals surface area contributed by atoms with E-state index in [-0.39, 0.29) is 0 Å². The largest absolute Gasteiger partial charge is 0.400 e. The van der Waals surface area contributed by atoms with Crippen molar-refractivity contribution in [3.05, 3.63) is 35.7 Å². The minimum Gasteiger partial charge on any atom is -0.400 e. The van der Waals surface area contributed by atoms with Crippen LogP contribution in [0.25, 0.3) is 0 Å². The molecule has 1 aromatic rings. The summed E-state index contributed by atoms with van der Waals surface area (Å²) in [6, 6.07) is 4.20. The lowest BCUT2D eigenvalue weighted by Gasteiger charge is -2.32. The summed E-state index contributed by atoms with van der Waals surface area (Å²) in [6.45, 7) is 4.90. The Morgan fingerprint density at radius 2 is 2.11 bits per heavy atom. The van der Waals surface area contributed by atoms with E-state index in [4.69, 9.17) is 5.73 Å². The Morgan fingerprint density at radius 3 is 2.74 bits per heavy atom. The van der Waals surface area contributed by atoms with Gasteiger partial charge in [0.05, 0.1) is 6.54 Å². The Kier molecular flexibility index (Phi) is 3.23. The van der Waals surface area contributed by atoms with Crippen LogP contribution < -0.4 is 10.6 Å². The zero-order valence-corrected chi connectivity index (χ0v) is 11.3. The second-order valence-corrected chi connectivity index (χ2v) is 5.41. The van der Waals surface area contributed by atoms with Gasteiger partial charge in [0.1, 0.15) is 5.82 Å². The topological polar surface area (TPSA) is 54.5 Å². The fourth-order valence-corrected chi connectivity index (χ4v) is 2.81. The molecule has 0 spiro atoms. The van der Waals surface area contributed by atoms with Crippen LogP contribution in [0, 0.1) is 12.8 Å². The Morgan fingerprint density at radius 1 is 1.32 bits per heavy atom. The Balaban J connectivity index is 1.64. The summed E-state index contributed by atoms with van der Waals surface area (Å²) in [6.07, 6.45) is 6.23. The van der Waals surface area contributed by atoms with Crippen molar-refractivity contribution in [1.29, 1.82) is 0 Å². The second-order valence-electron chi connectivity index (χ2n) is 5.41. The molecule has 4 nitrogen and oxygen atoms in total. The molecular weight excluding hydrogens is 236 g/mol. The number of piperidine rings is 1. The van der Waals surface area contributed by atoms with Gasteiger partial charge in [-0.25, -0.2) is 4.98 Å². The first-order chi connectivity index (χ1) is 9.22. The molecule has 2 aliphatic rings. The number of rotatable bonds is 2. The van der Waals surface area contributed by atoms with Crippen LogP contribution in [-0.4, -0.2) is 30.3 Å². The van der Waals surface area contributed by atoms with Crippen molar-refractivity contribution in [2.45, 2.75) is 19.8 Å². The first-order valence-electron chi connectivity index (χ1n) is 6.90. The molecule has 3 rings (SSSR count). The molecule has 1 aromatic heterocycles. The van der Waals surface area contributed by atoms with E-state index >= 15 is 0 Å². The van der Waals surface area contributed by atoms with Crippen LogP contribution in [0.15, 0.2) is 35.1 Å². The highest BCUT2D eigenvalue weighted by atomic mass is 15.2. The summed E-state index contributed by atoms with van der Waals surface area (Å²) in [5.41, 5.74) is 9.16. The van der Waals surface area contributed by atoms with E-state index in [1.165, 1.54) is 11.3 Å². The number of hydrogen-bond acceptors (Lipinski definition) is 4. The number of aromatic nitrogens is 1. The molecule has 1 saturated heterocycles. The molecule has 2 aliphatic heterocycles. The Labute approximate surface area is 114 Å². The van der Waals surface area contributed by atoms with Gasteiger partial charge in [-0.15, -0.1) is 0 Å². The fraction of sp³-hybridized carbons (Fsp3) is 0.467. The molecule has 0 saturated carbocycles. The molecule has 3 heterocycles. The molecule has 0 atom stereocenters. The first kappa shape index (κ1) is 12.2. The number of pyridine rings is 1. The van der Waals surface area contributed by atoms with E-state index in [0.29, 0.717) is 12.5 Å². The van der Waals surface area contributed by atoms with Gasteiger partial charge < -0.3 is 10.6 Å². The average Bonchev–Trinajstić information content (AvgIpc) is 2.86. The molecule has 100 valence electrons. The molecule has 19 heavy (non-hydrogen) atoms. The van der Waals surface area contributed by atoms with E-state index < -0.39 is 0 Å². The van der Waals surface area contributed by atoms with Crippen LogP contribution in [0.5, 0.6) is 0 Å². The van der Waals surface area contributed by atoms with Gasteiger partial charge in [0.25, 0.3) is 0 Å². The van der Waals surface area contributed by atoms with Gasteiger partial charge in [-0.05, 0) is 43.5 Å². The van der Waals surface area contributed by atoms with Gasteiger partial charge in [-0.2, -0.15) is 0 Å². The van der Waals surface area contributed by atoms with Gasteiger partial charge in [0.2, 0.25) is 0 Å². The van der Waals surface area contributed by atoms with E-state index in [9.17, 15) is 0 Å². The summed E-state index contributed by atoms with van der Waals surface area (Å²) in [5, 5.41) is 0. The van der Waals surface area contributed by atoms with Crippen LogP contribution >= 0.6 is 0 Å². The highest BCUT2D eigenvalue weighted by molar-refractivity contribution is 5.99. The monoisotopic (exact) mass is 256 g/mol. The molecule has 0 aliphatic carbocycles. The Bertz CT molecular complexity index is 525. The van der Waals surface area contributed by atoms with Crippen LogP contribution in [-0.2, 0) is 0 Å². The third kappa shape index (κ3) is 2.62. The maximum absolute atomic E-state index is 5.79. The zero-order chi connectivity index (χ0) is 13.2. The van der Waals surface area contributed by atoms with Gasteiger partial charge in [-0.1, -0.05) is 0 Å². The highest BCUT2D eigenvalue weighted by Crippen LogP contribution is 2.25. The predicted octanol–water partition coefficient (Wildman–Crippen LogP) is 1.90. The number of aliphatic imine (C=N–C) groups is 1. The van der Waals surface area contributed by atoms with E-state index in [2.05, 4.69) is 33.9 Å². The summed E-state index contributed by atoms with van der Waals surface area (Å²) < 4.78 is 0. The van der Waals surface area contributed by atoms with Crippen molar-refractivity contribution >= 4 is 11.5 Å². The molecule has 0 amide bonds. The molecule has 0 bridgehead atoms. The van der Waals surface area contributed by atoms with Crippen molar-refractivity contribution in [2.75, 3.05) is 24.5 Å². The smallest absolute Gasteiger partial charge is 0.128 e. The van der Waals surface area contributed by atoms with Gasteiger partial charge in [0.15, 0.2) is 0 Å². The number of nitrogens with two attached hydrogens (primary N) is 1. The lowest BCUT2D eigenvalue weighted by molar-refractivity contribution is 0.500. The van der Waals surface area contributed by atoms with Crippen molar-refractivity contribution in [1.82, 2.24) is 4.98 Å². The quantitative estimate of drug-likeness (QED) is 0.879. The number of hydrogen-bond donors (Lipinski definition) is 1. The highest BCUT2D eigenvalue weighted by Gasteiger charge is 2.24. The third-order valence-corrected chi connectivity index (χ3v) is 3.92. The number of aryl methyl sites for hydroxylation is 1. The first-order valence-corrected chi connectivity index (χ1v) is 6.90. The number of allylic oxidation sites excluding steroid dienone is 1. The summed E-state index contributed by atoms with van der Waals surface area (Å²) in [5.74, 6) is 1.67. The summed E-state index contributed by atoms with van der Waals surface area (Å²) in [7, 11) is 0. The zero-order valence-electron chi connectivity index (χ0n) is 11.3. The van der Waals surface area contributed by atoms with Crippen LogP contribution in [0.3, 0.4) is 0 Å². The molecule has 0 aromatic carbocycles. The predicted molar refractivity (Wildman–Crippen MR) is 78.5 cm³/mol. The normalized spacial score (nSPS) is 20.4. The van der Waals surface area contributed by atoms with Gasteiger partial charge in [-0.3, -0.25) is 4.99 Å². The molecule has 2 N–H and O–H groups in total. The number of nitrogens with zero attached hydrogens (tertiary/aromatic N) is 3.